The van der Waals surface area contributed by atoms with Crippen LogP contribution in [0.4, 0.5) is 0 Å². The third-order valence-electron chi connectivity index (χ3n) is 4.74. The summed E-state index contributed by atoms with van der Waals surface area (Å²) in [7, 11) is 0. The summed E-state index contributed by atoms with van der Waals surface area (Å²) in [5.41, 5.74) is 3.74. The molecule has 0 radical (unpaired) electrons. The molecule has 1 atom stereocenters. The van der Waals surface area contributed by atoms with Crippen molar-refractivity contribution in [1.82, 2.24) is 14.6 Å². The zero-order valence-electron chi connectivity index (χ0n) is 15.8. The van der Waals surface area contributed by atoms with E-state index in [0.717, 1.165) is 22.0 Å². The van der Waals surface area contributed by atoms with Gasteiger partial charge in [-0.05, 0) is 17.0 Å². The van der Waals surface area contributed by atoms with E-state index >= 15 is 0 Å². The van der Waals surface area contributed by atoms with E-state index < -0.39 is 17.4 Å². The summed E-state index contributed by atoms with van der Waals surface area (Å²) in [6.45, 7) is 0.721. The van der Waals surface area contributed by atoms with E-state index in [2.05, 4.69) is 10.4 Å². The van der Waals surface area contributed by atoms with Gasteiger partial charge in [0, 0.05) is 19.5 Å². The van der Waals surface area contributed by atoms with Gasteiger partial charge in [0.2, 0.25) is 11.8 Å². The molecule has 4 rings (SSSR count). The van der Waals surface area contributed by atoms with Crippen molar-refractivity contribution < 1.29 is 9.59 Å². The van der Waals surface area contributed by atoms with E-state index in [0.29, 0.717) is 16.8 Å². The van der Waals surface area contributed by atoms with Crippen LogP contribution in [0.2, 0.25) is 0 Å². The molecule has 1 unspecified atom stereocenters. The zero-order chi connectivity index (χ0) is 21.1. The number of nitrogens with one attached hydrogen (secondary N) is 1. The predicted molar refractivity (Wildman–Crippen MR) is 115 cm³/mol. The first kappa shape index (κ1) is 20.1. The number of rotatable bonds is 6. The van der Waals surface area contributed by atoms with E-state index in [-0.39, 0.29) is 29.8 Å². The van der Waals surface area contributed by atoms with Crippen LogP contribution in [0.5, 0.6) is 0 Å². The topological polar surface area (TPSA) is 108 Å². The minimum atomic E-state index is -0.569. The minimum Gasteiger partial charge on any atom is -0.338 e. The molecule has 0 aliphatic carbocycles. The highest BCUT2D eigenvalue weighted by Gasteiger charge is 2.35. The molecule has 8 nitrogen and oxygen atoms in total. The lowest BCUT2D eigenvalue weighted by molar-refractivity contribution is -0.128. The van der Waals surface area contributed by atoms with Gasteiger partial charge in [0.1, 0.15) is 4.70 Å². The van der Waals surface area contributed by atoms with Crippen molar-refractivity contribution in [3.63, 3.8) is 0 Å². The summed E-state index contributed by atoms with van der Waals surface area (Å²) < 4.78 is 1.51. The van der Waals surface area contributed by atoms with Crippen LogP contribution >= 0.6 is 23.1 Å². The van der Waals surface area contributed by atoms with Crippen molar-refractivity contribution in [2.45, 2.75) is 18.1 Å². The monoisotopic (exact) mass is 439 g/mol. The average molecular weight is 440 g/mol. The fraction of sp³-hybridized carbons (Fsp3) is 0.250. The number of thiophene rings is 1. The van der Waals surface area contributed by atoms with Crippen molar-refractivity contribution in [3.8, 4) is 6.07 Å². The third-order valence-corrected chi connectivity index (χ3v) is 6.44. The molecular formula is C20H17N5O3S2. The number of nitrogens with zero attached hydrogens (tertiary/aromatic N) is 4. The number of carbonyl (C=O) groups excluding carboxylic acids is 2. The van der Waals surface area contributed by atoms with Gasteiger partial charge in [-0.2, -0.15) is 9.94 Å². The molecule has 1 fully saturated rings. The minimum absolute atomic E-state index is 0.0861. The molecule has 1 aliphatic rings. The number of fused-ring (bicyclic) bond motifs is 1. The molecule has 0 bridgehead atoms. The smallest absolute Gasteiger partial charge is 0.291 e. The summed E-state index contributed by atoms with van der Waals surface area (Å²) in [6.07, 6.45) is 0.0861. The number of benzene rings is 1. The van der Waals surface area contributed by atoms with E-state index in [9.17, 15) is 14.4 Å². The molecule has 1 aliphatic heterocycles. The van der Waals surface area contributed by atoms with Gasteiger partial charge in [0.15, 0.2) is 5.16 Å². The molecule has 1 N–H and O–H groups in total. The molecule has 30 heavy (non-hydrogen) atoms. The maximum atomic E-state index is 12.9. The van der Waals surface area contributed by atoms with Crippen molar-refractivity contribution in [2.24, 2.45) is 5.92 Å². The number of nitriles is 1. The molecule has 0 spiro atoms. The highest BCUT2D eigenvalue weighted by molar-refractivity contribution is 7.99. The summed E-state index contributed by atoms with van der Waals surface area (Å²) in [5.74, 6) is -0.999. The Kier molecular flexibility index (Phi) is 5.83. The molecule has 1 saturated heterocycles. The first-order valence-corrected chi connectivity index (χ1v) is 11.1. The Hall–Kier alpha value is -3.16. The number of thioether (sulfide) groups is 1. The quantitative estimate of drug-likeness (QED) is 0.466. The molecule has 3 aromatic rings. The van der Waals surface area contributed by atoms with Gasteiger partial charge in [-0.3, -0.25) is 19.8 Å². The largest absolute Gasteiger partial charge is 0.338 e. The van der Waals surface area contributed by atoms with Crippen LogP contribution in [-0.4, -0.2) is 38.7 Å². The molecule has 3 heterocycles. The standard InChI is InChI=1S/C20H17N5O3S2/c21-7-9-30-20-22-15-6-8-29-17(15)19(28)25(20)23-18(27)14-10-16(26)24(12-14)11-13-4-2-1-3-5-13/h1-6,8,14H,9-12H2,(H,23,27). The van der Waals surface area contributed by atoms with Crippen LogP contribution in [0.3, 0.4) is 0 Å². The summed E-state index contributed by atoms with van der Waals surface area (Å²) >= 11 is 2.31. The van der Waals surface area contributed by atoms with Crippen molar-refractivity contribution in [1.29, 1.82) is 5.26 Å². The van der Waals surface area contributed by atoms with Gasteiger partial charge in [0.25, 0.3) is 5.56 Å². The lowest BCUT2D eigenvalue weighted by Crippen LogP contribution is -2.38. The van der Waals surface area contributed by atoms with Crippen LogP contribution < -0.4 is 11.0 Å². The van der Waals surface area contributed by atoms with Crippen LogP contribution in [0.25, 0.3) is 10.2 Å². The Morgan fingerprint density at radius 3 is 2.87 bits per heavy atom. The molecule has 10 heteroatoms. The zero-order valence-corrected chi connectivity index (χ0v) is 17.4. The highest BCUT2D eigenvalue weighted by atomic mass is 32.2. The van der Waals surface area contributed by atoms with E-state index in [1.807, 2.05) is 36.4 Å². The van der Waals surface area contributed by atoms with Gasteiger partial charge in [-0.15, -0.1) is 11.3 Å². The Morgan fingerprint density at radius 2 is 2.10 bits per heavy atom. The second-order valence-electron chi connectivity index (χ2n) is 6.75. The fourth-order valence-electron chi connectivity index (χ4n) is 3.29. The van der Waals surface area contributed by atoms with Crippen LogP contribution in [-0.2, 0) is 16.1 Å². The lowest BCUT2D eigenvalue weighted by Gasteiger charge is -2.17. The van der Waals surface area contributed by atoms with E-state index in [1.54, 1.807) is 16.3 Å². The number of hydrogen-bond acceptors (Lipinski definition) is 7. The number of aromatic nitrogens is 2. The maximum absolute atomic E-state index is 12.9. The first-order valence-electron chi connectivity index (χ1n) is 9.19. The second kappa shape index (κ2) is 8.69. The Balaban J connectivity index is 1.53. The second-order valence-corrected chi connectivity index (χ2v) is 8.61. The Labute approximate surface area is 180 Å². The van der Waals surface area contributed by atoms with Crippen LogP contribution in [0.1, 0.15) is 12.0 Å². The SMILES string of the molecule is N#CCSc1nc2ccsc2c(=O)n1NC(=O)C1CC(=O)N(Cc2ccccc2)C1. The molecule has 152 valence electrons. The van der Waals surface area contributed by atoms with Gasteiger partial charge >= 0.3 is 0 Å². The Morgan fingerprint density at radius 1 is 1.30 bits per heavy atom. The van der Waals surface area contributed by atoms with Crippen molar-refractivity contribution in [2.75, 3.05) is 17.7 Å². The molecule has 1 aromatic carbocycles. The van der Waals surface area contributed by atoms with Gasteiger partial charge in [0.05, 0.1) is 23.3 Å². The number of likely N-dealkylation sites (tertiary alicyclic amines) is 1. The first-order chi connectivity index (χ1) is 14.6. The molecular weight excluding hydrogens is 422 g/mol. The maximum Gasteiger partial charge on any atom is 0.291 e. The number of carbonyl (C=O) groups is 2. The van der Waals surface area contributed by atoms with E-state index in [1.165, 1.54) is 11.3 Å². The number of amides is 2. The van der Waals surface area contributed by atoms with Crippen LogP contribution in [0, 0.1) is 17.2 Å². The predicted octanol–water partition coefficient (Wildman–Crippen LogP) is 2.19. The van der Waals surface area contributed by atoms with Crippen molar-refractivity contribution >= 4 is 45.1 Å². The summed E-state index contributed by atoms with van der Waals surface area (Å²) in [4.78, 5) is 44.1. The van der Waals surface area contributed by atoms with Gasteiger partial charge in [-0.25, -0.2) is 4.98 Å². The Bertz CT molecular complexity index is 1200. The summed E-state index contributed by atoms with van der Waals surface area (Å²) in [5, 5.41) is 10.9. The normalized spacial score (nSPS) is 16.0. The molecule has 2 amide bonds. The molecule has 0 saturated carbocycles. The third kappa shape index (κ3) is 4.08. The van der Waals surface area contributed by atoms with Gasteiger partial charge < -0.3 is 4.90 Å². The molecule has 2 aromatic heterocycles. The average Bonchev–Trinajstić information content (AvgIpc) is 3.36. The van der Waals surface area contributed by atoms with Crippen molar-refractivity contribution in [3.05, 3.63) is 57.7 Å². The summed E-state index contributed by atoms with van der Waals surface area (Å²) in [6, 6.07) is 13.3. The fourth-order valence-corrected chi connectivity index (χ4v) is 4.66. The number of hydrogen-bond donors (Lipinski definition) is 1. The lowest BCUT2D eigenvalue weighted by atomic mass is 10.1. The van der Waals surface area contributed by atoms with Gasteiger partial charge in [-0.1, -0.05) is 42.1 Å². The highest BCUT2D eigenvalue weighted by Crippen LogP contribution is 2.23. The van der Waals surface area contributed by atoms with E-state index in [4.69, 9.17) is 5.26 Å². The van der Waals surface area contributed by atoms with Crippen LogP contribution in [0.15, 0.2) is 51.7 Å².